The van der Waals surface area contributed by atoms with Crippen LogP contribution in [0.1, 0.15) is 61.7 Å². The molecule has 0 bridgehead atoms. The summed E-state index contributed by atoms with van der Waals surface area (Å²) >= 11 is 0. The number of carbonyl (C=O) groups excluding carboxylic acids is 1. The van der Waals surface area contributed by atoms with E-state index >= 15 is 0 Å². The van der Waals surface area contributed by atoms with Gasteiger partial charge in [-0.1, -0.05) is 49.9 Å². The van der Waals surface area contributed by atoms with E-state index in [1.807, 2.05) is 24.3 Å². The van der Waals surface area contributed by atoms with Crippen LogP contribution in [0.25, 0.3) is 0 Å². The van der Waals surface area contributed by atoms with Crippen LogP contribution in [0.5, 0.6) is 17.2 Å². The Hall–Kier alpha value is -2.73. The van der Waals surface area contributed by atoms with E-state index in [4.69, 9.17) is 9.47 Å². The molecule has 1 fully saturated rings. The van der Waals surface area contributed by atoms with Gasteiger partial charge in [0.1, 0.15) is 12.4 Å². The summed E-state index contributed by atoms with van der Waals surface area (Å²) < 4.78 is 11.3. The third-order valence-electron chi connectivity index (χ3n) is 6.43. The Balaban J connectivity index is 1.40. The third-order valence-corrected chi connectivity index (χ3v) is 6.43. The number of phenolic OH excluding ortho intramolecular Hbond substituents is 1. The van der Waals surface area contributed by atoms with Crippen molar-refractivity contribution in [2.75, 3.05) is 26.8 Å². The van der Waals surface area contributed by atoms with Crippen LogP contribution in [-0.2, 0) is 0 Å². The molecule has 1 aliphatic carbocycles. The molecule has 3 rings (SSSR count). The normalized spacial score (nSPS) is 15.1. The number of aromatic hydroxyl groups is 1. The van der Waals surface area contributed by atoms with Crippen molar-refractivity contribution in [1.82, 2.24) is 10.6 Å². The minimum Gasteiger partial charge on any atom is -0.507 e. The molecule has 2 aromatic rings. The molecule has 6 heteroatoms. The van der Waals surface area contributed by atoms with E-state index in [1.54, 1.807) is 25.3 Å². The van der Waals surface area contributed by atoms with Crippen LogP contribution >= 0.6 is 0 Å². The van der Waals surface area contributed by atoms with Gasteiger partial charge < -0.3 is 25.2 Å². The highest BCUT2D eigenvalue weighted by atomic mass is 16.5. The van der Waals surface area contributed by atoms with Crippen LogP contribution in [0.2, 0.25) is 0 Å². The number of rotatable bonds is 13. The first kappa shape index (κ1) is 24.9. The predicted molar refractivity (Wildman–Crippen MR) is 131 cm³/mol. The van der Waals surface area contributed by atoms with Crippen molar-refractivity contribution in [3.63, 3.8) is 0 Å². The molecule has 1 saturated carbocycles. The van der Waals surface area contributed by atoms with Crippen molar-refractivity contribution in [2.24, 2.45) is 5.92 Å². The molecule has 0 spiro atoms. The smallest absolute Gasteiger partial charge is 0.255 e. The summed E-state index contributed by atoms with van der Waals surface area (Å²) in [6.45, 7) is 2.00. The second kappa shape index (κ2) is 13.7. The summed E-state index contributed by atoms with van der Waals surface area (Å²) in [5, 5.41) is 16.5. The van der Waals surface area contributed by atoms with Crippen LogP contribution in [0.3, 0.4) is 0 Å². The van der Waals surface area contributed by atoms with Crippen molar-refractivity contribution in [1.29, 1.82) is 0 Å². The fourth-order valence-electron chi connectivity index (χ4n) is 4.64. The Morgan fingerprint density at radius 3 is 2.48 bits per heavy atom. The number of unbranched alkanes of at least 4 members (excludes halogenated alkanes) is 1. The lowest BCUT2D eigenvalue weighted by Gasteiger charge is -2.31. The summed E-state index contributed by atoms with van der Waals surface area (Å²) in [6, 6.07) is 14.8. The van der Waals surface area contributed by atoms with Gasteiger partial charge in [-0.15, -0.1) is 0 Å². The van der Waals surface area contributed by atoms with Crippen LogP contribution < -0.4 is 20.1 Å². The molecule has 1 atom stereocenters. The third kappa shape index (κ3) is 7.97. The molecule has 180 valence electrons. The molecule has 3 N–H and O–H groups in total. The minimum absolute atomic E-state index is 0.0203. The van der Waals surface area contributed by atoms with Gasteiger partial charge in [-0.05, 0) is 55.9 Å². The lowest BCUT2D eigenvalue weighted by Crippen LogP contribution is -2.39. The lowest BCUT2D eigenvalue weighted by atomic mass is 9.82. The summed E-state index contributed by atoms with van der Waals surface area (Å²) in [5.41, 5.74) is 0.328. The average Bonchev–Trinajstić information content (AvgIpc) is 2.86. The Morgan fingerprint density at radius 2 is 1.73 bits per heavy atom. The molecule has 33 heavy (non-hydrogen) atoms. The Bertz CT molecular complexity index is 852. The number of para-hydroxylation sites is 3. The van der Waals surface area contributed by atoms with E-state index in [2.05, 4.69) is 10.6 Å². The number of methoxy groups -OCH3 is 1. The largest absolute Gasteiger partial charge is 0.507 e. The number of hydrogen-bond acceptors (Lipinski definition) is 5. The van der Waals surface area contributed by atoms with E-state index in [1.165, 1.54) is 38.2 Å². The van der Waals surface area contributed by atoms with Crippen molar-refractivity contribution in [2.45, 2.75) is 57.4 Å². The number of benzene rings is 2. The molecule has 0 aromatic heterocycles. The summed E-state index contributed by atoms with van der Waals surface area (Å²) in [7, 11) is 1.66. The van der Waals surface area contributed by atoms with E-state index < -0.39 is 0 Å². The maximum Gasteiger partial charge on any atom is 0.255 e. The predicted octanol–water partition coefficient (Wildman–Crippen LogP) is 4.92. The zero-order valence-electron chi connectivity index (χ0n) is 19.7. The highest BCUT2D eigenvalue weighted by molar-refractivity contribution is 5.96. The topological polar surface area (TPSA) is 79.8 Å². The average molecular weight is 455 g/mol. The van der Waals surface area contributed by atoms with Crippen LogP contribution in [0.15, 0.2) is 48.5 Å². The van der Waals surface area contributed by atoms with Crippen molar-refractivity contribution >= 4 is 5.91 Å². The first-order chi connectivity index (χ1) is 16.2. The van der Waals surface area contributed by atoms with Gasteiger partial charge in [0, 0.05) is 19.1 Å². The van der Waals surface area contributed by atoms with Gasteiger partial charge >= 0.3 is 0 Å². The molecular formula is C27H38N2O4. The molecule has 6 nitrogen and oxygen atoms in total. The van der Waals surface area contributed by atoms with Gasteiger partial charge in [0.15, 0.2) is 11.5 Å². The quantitative estimate of drug-likeness (QED) is 0.375. The van der Waals surface area contributed by atoms with Crippen LogP contribution in [0.4, 0.5) is 0 Å². The summed E-state index contributed by atoms with van der Waals surface area (Å²) in [5.74, 6) is 2.04. The van der Waals surface area contributed by atoms with Crippen molar-refractivity contribution in [3.8, 4) is 17.2 Å². The monoisotopic (exact) mass is 454 g/mol. The van der Waals surface area contributed by atoms with Gasteiger partial charge in [-0.3, -0.25) is 4.79 Å². The summed E-state index contributed by atoms with van der Waals surface area (Å²) in [4.78, 5) is 12.2. The van der Waals surface area contributed by atoms with E-state index in [-0.39, 0.29) is 11.7 Å². The number of carbonyl (C=O) groups is 1. The molecule has 0 aliphatic heterocycles. The molecule has 0 saturated heterocycles. The number of amides is 1. The lowest BCUT2D eigenvalue weighted by molar-refractivity contribution is 0.0950. The van der Waals surface area contributed by atoms with Gasteiger partial charge in [0.05, 0.1) is 12.7 Å². The van der Waals surface area contributed by atoms with E-state index in [0.717, 1.165) is 37.3 Å². The second-order valence-electron chi connectivity index (χ2n) is 8.73. The first-order valence-corrected chi connectivity index (χ1v) is 12.2. The number of nitrogens with one attached hydrogen (secondary N) is 2. The van der Waals surface area contributed by atoms with Gasteiger partial charge in [0.25, 0.3) is 5.91 Å². The van der Waals surface area contributed by atoms with Crippen molar-refractivity contribution < 1.29 is 19.4 Å². The summed E-state index contributed by atoms with van der Waals surface area (Å²) in [6.07, 6.45) is 9.60. The van der Waals surface area contributed by atoms with Gasteiger partial charge in [-0.2, -0.15) is 0 Å². The number of phenols is 1. The molecule has 1 unspecified atom stereocenters. The Labute approximate surface area is 197 Å². The molecule has 0 heterocycles. The highest BCUT2D eigenvalue weighted by Gasteiger charge is 2.23. The fraction of sp³-hybridized carbons (Fsp3) is 0.519. The molecule has 1 aliphatic rings. The van der Waals surface area contributed by atoms with Crippen LogP contribution in [-0.4, -0.2) is 43.9 Å². The fourth-order valence-corrected chi connectivity index (χ4v) is 4.64. The molecule has 0 radical (unpaired) electrons. The maximum atomic E-state index is 12.2. The molecular weight excluding hydrogens is 416 g/mol. The maximum absolute atomic E-state index is 12.2. The molecule has 1 amide bonds. The van der Waals surface area contributed by atoms with Gasteiger partial charge in [-0.25, -0.2) is 0 Å². The molecule has 2 aromatic carbocycles. The Morgan fingerprint density at radius 1 is 1.00 bits per heavy atom. The Kier molecular flexibility index (Phi) is 10.4. The second-order valence-corrected chi connectivity index (χ2v) is 8.73. The zero-order chi connectivity index (χ0) is 23.3. The van der Waals surface area contributed by atoms with Gasteiger partial charge in [0.2, 0.25) is 0 Å². The zero-order valence-corrected chi connectivity index (χ0v) is 19.7. The van der Waals surface area contributed by atoms with E-state index in [0.29, 0.717) is 30.7 Å². The number of hydrogen-bond donors (Lipinski definition) is 3. The SMILES string of the molecule is COc1ccccc1OCCNC(CCCCNC(=O)c1ccccc1O)C1CCCCC1. The van der Waals surface area contributed by atoms with Crippen molar-refractivity contribution in [3.05, 3.63) is 54.1 Å². The first-order valence-electron chi connectivity index (χ1n) is 12.2. The highest BCUT2D eigenvalue weighted by Crippen LogP contribution is 2.29. The standard InChI is InChI=1S/C27H38N2O4/c1-32-25-16-7-8-17-26(25)33-20-19-28-23(21-11-3-2-4-12-21)14-9-10-18-29-27(31)22-13-5-6-15-24(22)30/h5-8,13,15-17,21,23,28,30H,2-4,9-12,14,18-20H2,1H3,(H,29,31). The van der Waals surface area contributed by atoms with E-state index in [9.17, 15) is 9.90 Å². The minimum atomic E-state index is -0.219. The van der Waals surface area contributed by atoms with Crippen LogP contribution in [0, 0.1) is 5.92 Å². The number of ether oxygens (including phenoxy) is 2.